The highest BCUT2D eigenvalue weighted by Gasteiger charge is 2.63. The highest BCUT2D eigenvalue weighted by atomic mass is 16.6. The third-order valence-electron chi connectivity index (χ3n) is 8.87. The highest BCUT2D eigenvalue weighted by molar-refractivity contribution is 5.83. The first-order chi connectivity index (χ1) is 16.3. The summed E-state index contributed by atoms with van der Waals surface area (Å²) in [5, 5.41) is 10.0. The molecule has 8 heteroatoms. The van der Waals surface area contributed by atoms with Gasteiger partial charge in [-0.05, 0) is 49.9 Å². The van der Waals surface area contributed by atoms with Gasteiger partial charge in [0, 0.05) is 12.3 Å². The number of esters is 3. The maximum atomic E-state index is 13.1. The van der Waals surface area contributed by atoms with Crippen molar-refractivity contribution in [3.63, 3.8) is 0 Å². The fraction of sp³-hybridized carbons (Fsp3) is 0.852. The normalized spacial score (nSPS) is 28.0. The second-order valence-corrected chi connectivity index (χ2v) is 11.2. The van der Waals surface area contributed by atoms with Crippen molar-refractivity contribution in [3.05, 3.63) is 0 Å². The van der Waals surface area contributed by atoms with Crippen molar-refractivity contribution in [2.45, 2.75) is 106 Å². The van der Waals surface area contributed by atoms with Gasteiger partial charge in [0.25, 0.3) is 0 Å². The van der Waals surface area contributed by atoms with E-state index in [2.05, 4.69) is 20.8 Å². The molecule has 0 amide bonds. The Balaban J connectivity index is 2.21. The number of carbonyl (C=O) groups excluding carboxylic acids is 3. The van der Waals surface area contributed by atoms with Crippen LogP contribution in [0.3, 0.4) is 0 Å². The first-order valence-corrected chi connectivity index (χ1v) is 13.1. The number of rotatable bonds is 13. The summed E-state index contributed by atoms with van der Waals surface area (Å²) in [6, 6.07) is 0. The molecular formula is C27H44O8. The smallest absolute Gasteiger partial charge is 0.311 e. The fourth-order valence-electron chi connectivity index (χ4n) is 6.07. The van der Waals surface area contributed by atoms with E-state index in [0.29, 0.717) is 12.3 Å². The number of carboxylic acid groups (broad SMARTS) is 1. The molecule has 8 nitrogen and oxygen atoms in total. The highest BCUT2D eigenvalue weighted by Crippen LogP contribution is 2.66. The number of carboxylic acids is 1. The van der Waals surface area contributed by atoms with Crippen molar-refractivity contribution in [2.75, 3.05) is 6.61 Å². The van der Waals surface area contributed by atoms with Crippen LogP contribution in [0.2, 0.25) is 0 Å². The van der Waals surface area contributed by atoms with Crippen molar-refractivity contribution in [1.82, 2.24) is 0 Å². The molecule has 7 atom stereocenters. The monoisotopic (exact) mass is 496 g/mol. The molecule has 35 heavy (non-hydrogen) atoms. The lowest BCUT2D eigenvalue weighted by Gasteiger charge is -2.39. The second-order valence-electron chi connectivity index (χ2n) is 11.2. The van der Waals surface area contributed by atoms with Gasteiger partial charge in [-0.15, -0.1) is 0 Å². The van der Waals surface area contributed by atoms with Gasteiger partial charge in [0.1, 0.15) is 18.1 Å². The number of fused-ring (bicyclic) bond motifs is 2. The van der Waals surface area contributed by atoms with Crippen LogP contribution in [0.4, 0.5) is 0 Å². The molecule has 0 heterocycles. The van der Waals surface area contributed by atoms with Gasteiger partial charge >= 0.3 is 23.9 Å². The van der Waals surface area contributed by atoms with Crippen LogP contribution in [0.25, 0.3) is 0 Å². The first kappa shape index (κ1) is 29.1. The predicted molar refractivity (Wildman–Crippen MR) is 129 cm³/mol. The molecular weight excluding hydrogens is 452 g/mol. The summed E-state index contributed by atoms with van der Waals surface area (Å²) in [5.74, 6) is -5.71. The van der Waals surface area contributed by atoms with Gasteiger partial charge in [0.05, 0.1) is 18.4 Å². The molecule has 0 spiro atoms. The van der Waals surface area contributed by atoms with Crippen LogP contribution in [0.1, 0.15) is 93.4 Å². The van der Waals surface area contributed by atoms with E-state index >= 15 is 0 Å². The summed E-state index contributed by atoms with van der Waals surface area (Å²) >= 11 is 0. The lowest BCUT2D eigenvalue weighted by molar-refractivity contribution is -0.172. The molecule has 2 rings (SSSR count). The Kier molecular flexibility index (Phi) is 9.77. The van der Waals surface area contributed by atoms with Crippen LogP contribution in [-0.4, -0.2) is 47.8 Å². The lowest BCUT2D eigenvalue weighted by atomic mass is 9.70. The molecule has 0 saturated heterocycles. The van der Waals surface area contributed by atoms with Crippen LogP contribution in [0, 0.1) is 34.5 Å². The summed E-state index contributed by atoms with van der Waals surface area (Å²) < 4.78 is 16.6. The summed E-state index contributed by atoms with van der Waals surface area (Å²) in [6.07, 6.45) is 3.37. The average Bonchev–Trinajstić information content (AvgIpc) is 3.10. The summed E-state index contributed by atoms with van der Waals surface area (Å²) in [5.41, 5.74) is -0.0165. The van der Waals surface area contributed by atoms with Crippen molar-refractivity contribution >= 4 is 23.9 Å². The van der Waals surface area contributed by atoms with Crippen LogP contribution >= 0.6 is 0 Å². The Bertz CT molecular complexity index is 790. The molecule has 0 radical (unpaired) electrons. The lowest BCUT2D eigenvalue weighted by Crippen LogP contribution is -2.43. The first-order valence-electron chi connectivity index (χ1n) is 13.1. The molecule has 5 unspecified atom stereocenters. The molecule has 0 aromatic heterocycles. The van der Waals surface area contributed by atoms with Crippen molar-refractivity contribution in [3.8, 4) is 0 Å². The van der Waals surface area contributed by atoms with Crippen LogP contribution in [0.15, 0.2) is 0 Å². The predicted octanol–water partition coefficient (Wildman–Crippen LogP) is 4.77. The molecule has 2 aliphatic rings. The van der Waals surface area contributed by atoms with E-state index in [0.717, 1.165) is 25.7 Å². The Morgan fingerprint density at radius 1 is 1.09 bits per heavy atom. The van der Waals surface area contributed by atoms with Crippen molar-refractivity contribution in [2.24, 2.45) is 34.5 Å². The average molecular weight is 497 g/mol. The molecule has 2 bridgehead atoms. The van der Waals surface area contributed by atoms with Crippen molar-refractivity contribution < 1.29 is 38.5 Å². The van der Waals surface area contributed by atoms with Crippen LogP contribution in [-0.2, 0) is 33.4 Å². The standard InChI is InChI=1S/C27H44O8/c1-8-10-13-33-25(32)19(22(23(29)30)20(9-2)34-17(4)28)14-16(3)24(31)35-21-15-18-11-12-27(21,7)26(18,5)6/h16,18-22H,8-15H2,1-7H3,(H,29,30)/t16?,18-,19?,20?,21+,22?,27?/m0/s1. The van der Waals surface area contributed by atoms with E-state index in [1.54, 1.807) is 13.8 Å². The zero-order valence-corrected chi connectivity index (χ0v) is 22.4. The largest absolute Gasteiger partial charge is 0.481 e. The summed E-state index contributed by atoms with van der Waals surface area (Å²) in [6.45, 7) is 13.3. The number of unbranched alkanes of at least 4 members (excludes halogenated alkanes) is 1. The Morgan fingerprint density at radius 3 is 2.20 bits per heavy atom. The minimum Gasteiger partial charge on any atom is -0.481 e. The van der Waals surface area contributed by atoms with E-state index in [4.69, 9.17) is 14.2 Å². The molecule has 0 aliphatic heterocycles. The third kappa shape index (κ3) is 6.18. The number of carbonyl (C=O) groups is 4. The Morgan fingerprint density at radius 2 is 1.74 bits per heavy atom. The molecule has 1 N–H and O–H groups in total. The summed E-state index contributed by atoms with van der Waals surface area (Å²) in [4.78, 5) is 50.1. The maximum Gasteiger partial charge on any atom is 0.311 e. The van der Waals surface area contributed by atoms with E-state index in [9.17, 15) is 24.3 Å². The number of aliphatic carboxylic acids is 1. The fourth-order valence-corrected chi connectivity index (χ4v) is 6.07. The molecule has 2 aliphatic carbocycles. The van der Waals surface area contributed by atoms with Gasteiger partial charge in [0.15, 0.2) is 0 Å². The minimum absolute atomic E-state index is 0.0607. The van der Waals surface area contributed by atoms with Gasteiger partial charge in [-0.2, -0.15) is 0 Å². The minimum atomic E-state index is -1.33. The second kappa shape index (κ2) is 11.7. The van der Waals surface area contributed by atoms with Gasteiger partial charge in [-0.1, -0.05) is 48.0 Å². The Labute approximate surface area is 209 Å². The van der Waals surface area contributed by atoms with Gasteiger partial charge in [-0.3, -0.25) is 19.2 Å². The molecule has 200 valence electrons. The van der Waals surface area contributed by atoms with E-state index in [-0.39, 0.29) is 36.4 Å². The molecule has 2 saturated carbocycles. The molecule has 0 aromatic carbocycles. The van der Waals surface area contributed by atoms with Crippen molar-refractivity contribution in [1.29, 1.82) is 0 Å². The molecule has 0 aromatic rings. The SMILES string of the molecule is CCCCOC(=O)C(CC(C)C(=O)O[C@@H]1C[C@@H]2CCC1(C)C2(C)C)C(C(=O)O)C(CC)OC(C)=O. The van der Waals surface area contributed by atoms with E-state index in [1.165, 1.54) is 6.92 Å². The number of hydrogen-bond acceptors (Lipinski definition) is 7. The van der Waals surface area contributed by atoms with Gasteiger partial charge in [0.2, 0.25) is 0 Å². The van der Waals surface area contributed by atoms with E-state index < -0.39 is 47.7 Å². The quantitative estimate of drug-likeness (QED) is 0.220. The summed E-state index contributed by atoms with van der Waals surface area (Å²) in [7, 11) is 0. The third-order valence-corrected chi connectivity index (χ3v) is 8.87. The number of ether oxygens (including phenoxy) is 3. The number of hydrogen-bond donors (Lipinski definition) is 1. The maximum absolute atomic E-state index is 13.1. The van der Waals surface area contributed by atoms with Gasteiger partial charge in [-0.25, -0.2) is 0 Å². The zero-order valence-electron chi connectivity index (χ0n) is 22.4. The van der Waals surface area contributed by atoms with E-state index in [1.807, 2.05) is 6.92 Å². The van der Waals surface area contributed by atoms with Gasteiger partial charge < -0.3 is 19.3 Å². The zero-order chi connectivity index (χ0) is 26.6. The van der Waals surface area contributed by atoms with Crippen LogP contribution in [0.5, 0.6) is 0 Å². The molecule has 2 fully saturated rings. The topological polar surface area (TPSA) is 116 Å². The Hall–Kier alpha value is -2.12. The van der Waals surface area contributed by atoms with Crippen LogP contribution < -0.4 is 0 Å².